The first-order valence-corrected chi connectivity index (χ1v) is 38.7. The van der Waals surface area contributed by atoms with E-state index < -0.39 is 10.8 Å². The molecular formula is C110H64. The largest absolute Gasteiger partial charge is 0.0731 e. The molecule has 0 amide bonds. The lowest BCUT2D eigenvalue weighted by atomic mass is 9.69. The molecule has 0 unspecified atom stereocenters. The van der Waals surface area contributed by atoms with Crippen molar-refractivity contribution >= 4 is 64.6 Å². The molecule has 0 heterocycles. The zero-order valence-electron chi connectivity index (χ0n) is 60.0. The van der Waals surface area contributed by atoms with Crippen LogP contribution in [0.4, 0.5) is 0 Å². The van der Waals surface area contributed by atoms with Gasteiger partial charge in [-0.15, -0.1) is 0 Å². The SMILES string of the molecule is c1cc(-c2ccc3cc4c(cc3c2)C2(c3ccccc3-c3ccccc32)c2c-4ccc3ccccc23)cc(-c2ccc3c4c(cccc24)-c2ccccc2-3)c1.c1ccc(-c2ccc3c4c(cccc24)-c2ccccc2-3)c(-c2ccc3cc4c(cc3c2)C2(c3ccccc3-c3ccccc32)c2c-4ccc3ccccc23)c1. The van der Waals surface area contributed by atoms with E-state index in [4.69, 9.17) is 0 Å². The van der Waals surface area contributed by atoms with Gasteiger partial charge in [-0.1, -0.05) is 346 Å². The van der Waals surface area contributed by atoms with Gasteiger partial charge in [0.15, 0.2) is 0 Å². The zero-order chi connectivity index (χ0) is 71.7. The molecular weight excluding hydrogens is 1320 g/mol. The van der Waals surface area contributed by atoms with E-state index in [1.807, 2.05) is 0 Å². The van der Waals surface area contributed by atoms with Crippen molar-refractivity contribution in [3.8, 4) is 134 Å². The van der Waals surface area contributed by atoms with Crippen LogP contribution >= 0.6 is 0 Å². The van der Waals surface area contributed by atoms with Gasteiger partial charge in [0.05, 0.1) is 10.8 Å². The van der Waals surface area contributed by atoms with Crippen molar-refractivity contribution in [2.75, 3.05) is 0 Å². The van der Waals surface area contributed by atoms with E-state index >= 15 is 0 Å². The average Bonchev–Trinajstić information content (AvgIpc) is 1.50. The summed E-state index contributed by atoms with van der Waals surface area (Å²) < 4.78 is 0. The van der Waals surface area contributed by atoms with E-state index in [2.05, 4.69) is 388 Å². The summed E-state index contributed by atoms with van der Waals surface area (Å²) in [5.74, 6) is 0. The van der Waals surface area contributed by atoms with Crippen molar-refractivity contribution in [3.63, 3.8) is 0 Å². The topological polar surface area (TPSA) is 0 Å². The van der Waals surface area contributed by atoms with Crippen LogP contribution in [0.2, 0.25) is 0 Å². The Balaban J connectivity index is 0.000000126. The third-order valence-corrected chi connectivity index (χ3v) is 26.0. The fraction of sp³-hybridized carbons (Fsp3) is 0.0182. The minimum atomic E-state index is -0.414. The summed E-state index contributed by atoms with van der Waals surface area (Å²) in [6.45, 7) is 0. The second-order valence-corrected chi connectivity index (χ2v) is 31.0. The summed E-state index contributed by atoms with van der Waals surface area (Å²) in [5, 5.41) is 15.6. The standard InChI is InChI=1S/2C55H32/c1-2-14-40-33(11-1)25-26-48-49-31-36-24-23-35(30-38(36)32-52(49)55(54(40)48)50-21-7-5-17-43(50)44-18-6-8-22-51(44)55)34-12-9-13-37(29-34)39-27-28-47-42-16-4-3-15-41(42)46-20-10-19-45(39)53(46)47;1-2-14-38-33(12-1)26-27-48-49-31-34-24-25-35(30-36(34)32-52(49)55(54(38)48)50-22-9-7-18-43(50)44-19-8-10-23-51(44)55)37-13-3-4-15-39(37)42-28-29-47-41-17-6-5-16-40(41)45-20-11-21-46(42)53(45)47/h2*1-32H. The Morgan fingerprint density at radius 2 is 0.436 bits per heavy atom. The van der Waals surface area contributed by atoms with Crippen LogP contribution in [0.5, 0.6) is 0 Å². The Morgan fingerprint density at radius 3 is 0.927 bits per heavy atom. The van der Waals surface area contributed by atoms with Crippen molar-refractivity contribution in [2.45, 2.75) is 10.8 Å². The van der Waals surface area contributed by atoms with E-state index in [1.54, 1.807) is 0 Å². The summed E-state index contributed by atoms with van der Waals surface area (Å²) in [5.41, 5.74) is 41.6. The van der Waals surface area contributed by atoms with E-state index in [1.165, 1.54) is 243 Å². The third-order valence-electron chi connectivity index (χ3n) is 26.0. The van der Waals surface area contributed by atoms with Crippen LogP contribution in [0, 0.1) is 0 Å². The fourth-order valence-corrected chi connectivity index (χ4v) is 21.6. The second-order valence-electron chi connectivity index (χ2n) is 31.0. The molecule has 0 atom stereocenters. The molecule has 6 aliphatic carbocycles. The van der Waals surface area contributed by atoms with Gasteiger partial charge in [-0.2, -0.15) is 0 Å². The first kappa shape index (κ1) is 60.1. The van der Waals surface area contributed by atoms with Crippen LogP contribution in [0.1, 0.15) is 44.5 Å². The van der Waals surface area contributed by atoms with Crippen LogP contribution in [0.3, 0.4) is 0 Å². The van der Waals surface area contributed by atoms with Gasteiger partial charge in [0, 0.05) is 0 Å². The van der Waals surface area contributed by atoms with Crippen LogP contribution in [0.25, 0.3) is 198 Å². The Kier molecular flexibility index (Phi) is 12.2. The highest BCUT2D eigenvalue weighted by Crippen LogP contribution is 2.67. The van der Waals surface area contributed by atoms with E-state index in [-0.39, 0.29) is 0 Å². The molecule has 0 bridgehead atoms. The van der Waals surface area contributed by atoms with Gasteiger partial charge in [0.2, 0.25) is 0 Å². The van der Waals surface area contributed by atoms with Crippen LogP contribution in [-0.2, 0) is 10.8 Å². The molecule has 0 heteroatoms. The Labute approximate surface area is 637 Å². The average molecular weight is 1390 g/mol. The maximum absolute atomic E-state index is 2.53. The number of hydrogen-bond donors (Lipinski definition) is 0. The highest BCUT2D eigenvalue weighted by Gasteiger charge is 2.54. The molecule has 2 spiro atoms. The summed E-state index contributed by atoms with van der Waals surface area (Å²) in [6, 6.07) is 147. The summed E-state index contributed by atoms with van der Waals surface area (Å²) >= 11 is 0. The van der Waals surface area contributed by atoms with Crippen molar-refractivity contribution in [2.24, 2.45) is 0 Å². The molecule has 20 aromatic carbocycles. The van der Waals surface area contributed by atoms with E-state index in [9.17, 15) is 0 Å². The summed E-state index contributed by atoms with van der Waals surface area (Å²) in [7, 11) is 0. The number of benzene rings is 20. The predicted octanol–water partition coefficient (Wildman–Crippen LogP) is 28.9. The molecule has 0 saturated heterocycles. The predicted molar refractivity (Wildman–Crippen MR) is 461 cm³/mol. The van der Waals surface area contributed by atoms with Crippen LogP contribution < -0.4 is 0 Å². The quantitative estimate of drug-likeness (QED) is 0.165. The van der Waals surface area contributed by atoms with Crippen molar-refractivity contribution in [1.29, 1.82) is 0 Å². The summed E-state index contributed by atoms with van der Waals surface area (Å²) in [6.07, 6.45) is 0. The lowest BCUT2D eigenvalue weighted by Gasteiger charge is -2.31. The molecule has 0 radical (unpaired) electrons. The Morgan fingerprint density at radius 1 is 0.127 bits per heavy atom. The molecule has 110 heavy (non-hydrogen) atoms. The molecule has 0 saturated carbocycles. The van der Waals surface area contributed by atoms with Gasteiger partial charge in [-0.05, 0) is 285 Å². The van der Waals surface area contributed by atoms with E-state index in [0.29, 0.717) is 0 Å². The maximum Gasteiger partial charge on any atom is 0.0731 e. The van der Waals surface area contributed by atoms with Crippen molar-refractivity contribution in [1.82, 2.24) is 0 Å². The fourth-order valence-electron chi connectivity index (χ4n) is 21.6. The molecule has 20 aromatic rings. The Bertz CT molecular complexity index is 7390. The van der Waals surface area contributed by atoms with Crippen LogP contribution in [-0.4, -0.2) is 0 Å². The highest BCUT2D eigenvalue weighted by molar-refractivity contribution is 6.21. The molecule has 0 fully saturated rings. The minimum Gasteiger partial charge on any atom is -0.0619 e. The molecule has 26 rings (SSSR count). The molecule has 0 N–H and O–H groups in total. The van der Waals surface area contributed by atoms with Gasteiger partial charge < -0.3 is 0 Å². The van der Waals surface area contributed by atoms with Gasteiger partial charge in [0.1, 0.15) is 0 Å². The maximum atomic E-state index is 2.53. The van der Waals surface area contributed by atoms with Gasteiger partial charge in [-0.25, -0.2) is 0 Å². The molecule has 0 aliphatic heterocycles. The zero-order valence-corrected chi connectivity index (χ0v) is 60.0. The second kappa shape index (κ2) is 22.3. The lowest BCUT2D eigenvalue weighted by Crippen LogP contribution is -2.26. The number of rotatable bonds is 4. The van der Waals surface area contributed by atoms with Crippen molar-refractivity contribution in [3.05, 3.63) is 433 Å². The van der Waals surface area contributed by atoms with Gasteiger partial charge in [-0.3, -0.25) is 0 Å². The highest BCUT2D eigenvalue weighted by atomic mass is 14.6. The molecule has 0 aromatic heterocycles. The lowest BCUT2D eigenvalue weighted by molar-refractivity contribution is 0.802. The molecule has 504 valence electrons. The minimum absolute atomic E-state index is 0.405. The molecule has 6 aliphatic rings. The monoisotopic (exact) mass is 1380 g/mol. The van der Waals surface area contributed by atoms with Crippen LogP contribution in [0.15, 0.2) is 388 Å². The first-order valence-electron chi connectivity index (χ1n) is 38.7. The number of fused-ring (bicyclic) bond motifs is 32. The Hall–Kier alpha value is -14.0. The normalized spacial score (nSPS) is 13.6. The van der Waals surface area contributed by atoms with Crippen molar-refractivity contribution < 1.29 is 0 Å². The summed E-state index contributed by atoms with van der Waals surface area (Å²) in [4.78, 5) is 0. The van der Waals surface area contributed by atoms with E-state index in [0.717, 1.165) is 0 Å². The first-order chi connectivity index (χ1) is 54.6. The van der Waals surface area contributed by atoms with Gasteiger partial charge in [0.25, 0.3) is 0 Å². The van der Waals surface area contributed by atoms with Gasteiger partial charge >= 0.3 is 0 Å². The third kappa shape index (κ3) is 7.88. The molecule has 0 nitrogen and oxygen atoms in total. The smallest absolute Gasteiger partial charge is 0.0619 e. The number of hydrogen-bond acceptors (Lipinski definition) is 0.